The molecule has 112 valence electrons. The first-order chi connectivity index (χ1) is 11.2. The average Bonchev–Trinajstić information content (AvgIpc) is 3.03. The van der Waals surface area contributed by atoms with Crippen molar-refractivity contribution in [2.45, 2.75) is 13.8 Å². The molecule has 2 aromatic heterocycles. The maximum Gasteiger partial charge on any atom is 0.134 e. The maximum atomic E-state index is 9.44. The van der Waals surface area contributed by atoms with E-state index in [2.05, 4.69) is 48.1 Å². The summed E-state index contributed by atoms with van der Waals surface area (Å²) in [5.41, 5.74) is 5.89. The van der Waals surface area contributed by atoms with E-state index in [-0.39, 0.29) is 0 Å². The molecule has 0 aliphatic rings. The third kappa shape index (κ3) is 3.36. The summed E-state index contributed by atoms with van der Waals surface area (Å²) >= 11 is 1.49. The van der Waals surface area contributed by atoms with Crippen molar-refractivity contribution in [2.24, 2.45) is 0 Å². The van der Waals surface area contributed by atoms with Crippen molar-refractivity contribution >= 4 is 23.0 Å². The van der Waals surface area contributed by atoms with Crippen LogP contribution in [0.25, 0.3) is 22.9 Å². The molecule has 1 aromatic carbocycles. The van der Waals surface area contributed by atoms with Crippen molar-refractivity contribution in [1.29, 1.82) is 5.26 Å². The molecule has 0 unspecified atom stereocenters. The number of rotatable bonds is 3. The molecule has 3 rings (SSSR count). The fraction of sp³-hybridized carbons (Fsp3) is 0.105. The molecule has 2 heterocycles. The van der Waals surface area contributed by atoms with Gasteiger partial charge in [0.05, 0.1) is 11.3 Å². The first-order valence-corrected chi connectivity index (χ1v) is 8.10. The molecule has 0 spiro atoms. The predicted molar refractivity (Wildman–Crippen MR) is 94.7 cm³/mol. The number of nitriles is 1. The molecule has 0 radical (unpaired) electrons. The zero-order valence-corrected chi connectivity index (χ0v) is 13.8. The fourth-order valence-corrected chi connectivity index (χ4v) is 3.18. The van der Waals surface area contributed by atoms with Gasteiger partial charge in [-0.25, -0.2) is 4.98 Å². The summed E-state index contributed by atoms with van der Waals surface area (Å²) in [5, 5.41) is 12.2. The van der Waals surface area contributed by atoms with Gasteiger partial charge in [0, 0.05) is 23.3 Å². The average molecular weight is 317 g/mol. The van der Waals surface area contributed by atoms with Gasteiger partial charge in [-0.3, -0.25) is 4.98 Å². The van der Waals surface area contributed by atoms with Crippen molar-refractivity contribution in [3.05, 3.63) is 69.8 Å². The zero-order chi connectivity index (χ0) is 16.2. The summed E-state index contributed by atoms with van der Waals surface area (Å²) in [4.78, 5) is 8.71. The molecule has 0 bridgehead atoms. The predicted octanol–water partition coefficient (Wildman–Crippen LogP) is 4.89. The number of hydrogen-bond donors (Lipinski definition) is 0. The second-order valence-corrected chi connectivity index (χ2v) is 6.17. The Hall–Kier alpha value is -2.77. The fourth-order valence-electron chi connectivity index (χ4n) is 2.39. The number of allylic oxidation sites excluding steroid dienone is 1. The number of pyridine rings is 1. The van der Waals surface area contributed by atoms with Gasteiger partial charge in [0.1, 0.15) is 11.1 Å². The van der Waals surface area contributed by atoms with Crippen molar-refractivity contribution in [1.82, 2.24) is 9.97 Å². The van der Waals surface area contributed by atoms with Gasteiger partial charge >= 0.3 is 0 Å². The summed E-state index contributed by atoms with van der Waals surface area (Å²) in [6.07, 6.45) is 5.26. The standard InChI is InChI=1S/C19H15N3S/c1-13-5-6-17(14(2)8-13)18-12-23-19(22-18)16(10-20)9-15-4-3-7-21-11-15/h3-9,11-12H,1-2H3/b16-9-. The molecule has 0 atom stereocenters. The number of hydrogen-bond acceptors (Lipinski definition) is 4. The van der Waals surface area contributed by atoms with Crippen LogP contribution in [0.2, 0.25) is 0 Å². The quantitative estimate of drug-likeness (QED) is 0.646. The monoisotopic (exact) mass is 317 g/mol. The highest BCUT2D eigenvalue weighted by molar-refractivity contribution is 7.11. The minimum atomic E-state index is 0.555. The Morgan fingerprint density at radius 1 is 1.26 bits per heavy atom. The molecule has 0 saturated heterocycles. The second kappa shape index (κ2) is 6.55. The summed E-state index contributed by atoms with van der Waals surface area (Å²) in [6.45, 7) is 4.16. The van der Waals surface area contributed by atoms with Gasteiger partial charge in [-0.05, 0) is 37.1 Å². The Bertz CT molecular complexity index is 902. The molecule has 0 aliphatic heterocycles. The normalized spacial score (nSPS) is 11.3. The molecule has 3 nitrogen and oxygen atoms in total. The van der Waals surface area contributed by atoms with Gasteiger partial charge < -0.3 is 0 Å². The first-order valence-electron chi connectivity index (χ1n) is 7.23. The van der Waals surface area contributed by atoms with Gasteiger partial charge in [0.2, 0.25) is 0 Å². The van der Waals surface area contributed by atoms with Crippen LogP contribution in [0.3, 0.4) is 0 Å². The van der Waals surface area contributed by atoms with E-state index in [9.17, 15) is 5.26 Å². The number of aryl methyl sites for hydroxylation is 2. The SMILES string of the molecule is Cc1ccc(-c2csc(/C(C#N)=C\c3cccnc3)n2)c(C)c1. The summed E-state index contributed by atoms with van der Waals surface area (Å²) < 4.78 is 0. The van der Waals surface area contributed by atoms with Crippen LogP contribution < -0.4 is 0 Å². The lowest BCUT2D eigenvalue weighted by atomic mass is 10.0. The largest absolute Gasteiger partial charge is 0.264 e. The van der Waals surface area contributed by atoms with Crippen molar-refractivity contribution in [3.63, 3.8) is 0 Å². The third-order valence-electron chi connectivity index (χ3n) is 3.51. The molecule has 4 heteroatoms. The summed E-state index contributed by atoms with van der Waals surface area (Å²) in [7, 11) is 0. The topological polar surface area (TPSA) is 49.6 Å². The van der Waals surface area contributed by atoms with Crippen LogP contribution in [0.1, 0.15) is 21.7 Å². The van der Waals surface area contributed by atoms with Crippen LogP contribution in [0.15, 0.2) is 48.1 Å². The van der Waals surface area contributed by atoms with E-state index in [1.807, 2.05) is 23.6 Å². The van der Waals surface area contributed by atoms with E-state index in [1.54, 1.807) is 12.4 Å². The highest BCUT2D eigenvalue weighted by atomic mass is 32.1. The molecule has 0 fully saturated rings. The van der Waals surface area contributed by atoms with E-state index >= 15 is 0 Å². The molecule has 0 aliphatic carbocycles. The lowest BCUT2D eigenvalue weighted by Gasteiger charge is -2.03. The minimum Gasteiger partial charge on any atom is -0.264 e. The van der Waals surface area contributed by atoms with Crippen LogP contribution in [0.5, 0.6) is 0 Å². The third-order valence-corrected chi connectivity index (χ3v) is 4.38. The van der Waals surface area contributed by atoms with E-state index < -0.39 is 0 Å². The number of benzene rings is 1. The van der Waals surface area contributed by atoms with Gasteiger partial charge in [-0.2, -0.15) is 5.26 Å². The van der Waals surface area contributed by atoms with E-state index in [0.717, 1.165) is 21.8 Å². The van der Waals surface area contributed by atoms with Gasteiger partial charge in [0.25, 0.3) is 0 Å². The van der Waals surface area contributed by atoms with Crippen molar-refractivity contribution < 1.29 is 0 Å². The minimum absolute atomic E-state index is 0.555. The van der Waals surface area contributed by atoms with Crippen LogP contribution in [0, 0.1) is 25.2 Å². The molecule has 23 heavy (non-hydrogen) atoms. The van der Waals surface area contributed by atoms with Gasteiger partial charge in [-0.15, -0.1) is 11.3 Å². The lowest BCUT2D eigenvalue weighted by molar-refractivity contribution is 1.31. The maximum absolute atomic E-state index is 9.44. The Kier molecular flexibility index (Phi) is 4.31. The van der Waals surface area contributed by atoms with E-state index in [0.29, 0.717) is 5.57 Å². The van der Waals surface area contributed by atoms with Crippen LogP contribution in [0.4, 0.5) is 0 Å². The Labute approximate surface area is 139 Å². The molecule has 0 saturated carbocycles. The Morgan fingerprint density at radius 2 is 2.13 bits per heavy atom. The molecule has 3 aromatic rings. The molecule has 0 N–H and O–H groups in total. The van der Waals surface area contributed by atoms with Crippen molar-refractivity contribution in [2.75, 3.05) is 0 Å². The first kappa shape index (κ1) is 15.1. The highest BCUT2D eigenvalue weighted by Gasteiger charge is 2.10. The number of aromatic nitrogens is 2. The van der Waals surface area contributed by atoms with Crippen molar-refractivity contribution in [3.8, 4) is 17.3 Å². The lowest BCUT2D eigenvalue weighted by Crippen LogP contribution is -1.86. The van der Waals surface area contributed by atoms with E-state index in [4.69, 9.17) is 0 Å². The molecule has 0 amide bonds. The van der Waals surface area contributed by atoms with E-state index in [1.165, 1.54) is 22.5 Å². The van der Waals surface area contributed by atoms with Gasteiger partial charge in [-0.1, -0.05) is 29.8 Å². The number of nitrogens with zero attached hydrogens (tertiary/aromatic N) is 3. The molecular weight excluding hydrogens is 302 g/mol. The number of thiazole rings is 1. The van der Waals surface area contributed by atoms with Crippen LogP contribution >= 0.6 is 11.3 Å². The summed E-state index contributed by atoms with van der Waals surface area (Å²) in [5.74, 6) is 0. The molecular formula is C19H15N3S. The second-order valence-electron chi connectivity index (χ2n) is 5.31. The van der Waals surface area contributed by atoms with Gasteiger partial charge in [0.15, 0.2) is 0 Å². The Balaban J connectivity index is 1.98. The highest BCUT2D eigenvalue weighted by Crippen LogP contribution is 2.29. The van der Waals surface area contributed by atoms with Crippen LogP contribution in [-0.4, -0.2) is 9.97 Å². The van der Waals surface area contributed by atoms with Crippen LogP contribution in [-0.2, 0) is 0 Å². The smallest absolute Gasteiger partial charge is 0.134 e. The zero-order valence-electron chi connectivity index (χ0n) is 12.9. The Morgan fingerprint density at radius 3 is 2.83 bits per heavy atom. The summed E-state index contributed by atoms with van der Waals surface area (Å²) in [6, 6.07) is 12.3.